The monoisotopic (exact) mass is 212 g/mol. The minimum atomic E-state index is 0.0919. The molecular formula is C12H8N2O2. The number of nitrogens with zero attached hydrogens (tertiary/aromatic N) is 2. The number of hydrogen-bond donors (Lipinski definition) is 1. The molecule has 0 aliphatic carbocycles. The Hall–Kier alpha value is -2.36. The first-order valence-electron chi connectivity index (χ1n) is 4.84. The van der Waals surface area contributed by atoms with Gasteiger partial charge < -0.3 is 5.11 Å². The summed E-state index contributed by atoms with van der Waals surface area (Å²) in [5.74, 6) is 0.0919. The maximum absolute atomic E-state index is 11.1. The molecule has 3 rings (SSSR count). The number of rotatable bonds is 1. The van der Waals surface area contributed by atoms with Crippen molar-refractivity contribution >= 4 is 28.2 Å². The van der Waals surface area contributed by atoms with Crippen LogP contribution in [0, 0.1) is 0 Å². The third-order valence-electron chi connectivity index (χ3n) is 2.70. The average Bonchev–Trinajstić information content (AvgIpc) is 2.64. The van der Waals surface area contributed by atoms with Crippen LogP contribution in [0.3, 0.4) is 0 Å². The highest BCUT2D eigenvalue weighted by atomic mass is 16.3. The molecule has 0 fully saturated rings. The lowest BCUT2D eigenvalue weighted by Gasteiger charge is -1.95. The first-order chi connectivity index (χ1) is 7.83. The number of aromatic nitrogens is 2. The number of aromatic hydroxyl groups is 1. The molecular weight excluding hydrogens is 204 g/mol. The Bertz CT molecular complexity index is 701. The second-order valence-corrected chi connectivity index (χ2v) is 3.55. The van der Waals surface area contributed by atoms with E-state index in [9.17, 15) is 9.90 Å². The zero-order valence-electron chi connectivity index (χ0n) is 8.29. The molecule has 1 N–H and O–H groups in total. The molecule has 0 radical (unpaired) electrons. The maximum Gasteiger partial charge on any atom is 0.218 e. The van der Waals surface area contributed by atoms with Gasteiger partial charge in [0.15, 0.2) is 0 Å². The Morgan fingerprint density at radius 2 is 2.00 bits per heavy atom. The van der Waals surface area contributed by atoms with E-state index in [-0.39, 0.29) is 5.75 Å². The summed E-state index contributed by atoms with van der Waals surface area (Å²) in [5.41, 5.74) is 1.40. The Balaban J connectivity index is 2.70. The fourth-order valence-electron chi connectivity index (χ4n) is 2.04. The van der Waals surface area contributed by atoms with Crippen LogP contribution in [0.1, 0.15) is 0 Å². The van der Waals surface area contributed by atoms with Crippen LogP contribution in [0.5, 0.6) is 5.75 Å². The lowest BCUT2D eigenvalue weighted by Crippen LogP contribution is -1.93. The molecule has 1 aromatic carbocycles. The number of carbonyl (C=O) groups is 1. The van der Waals surface area contributed by atoms with Gasteiger partial charge in [0.25, 0.3) is 0 Å². The predicted molar refractivity (Wildman–Crippen MR) is 61.1 cm³/mol. The Labute approximate surface area is 90.8 Å². The lowest BCUT2D eigenvalue weighted by molar-refractivity contribution is 0.479. The van der Waals surface area contributed by atoms with E-state index in [0.29, 0.717) is 10.9 Å². The molecule has 0 atom stereocenters. The molecule has 3 aromatic rings. The zero-order valence-corrected chi connectivity index (χ0v) is 8.29. The summed E-state index contributed by atoms with van der Waals surface area (Å²) in [5, 5.41) is 11.3. The fraction of sp³-hybridized carbons (Fsp3) is 0. The molecule has 0 aliphatic rings. The van der Waals surface area contributed by atoms with E-state index in [1.54, 1.807) is 6.20 Å². The van der Waals surface area contributed by atoms with Gasteiger partial charge in [-0.2, -0.15) is 0 Å². The summed E-state index contributed by atoms with van der Waals surface area (Å²) in [6.45, 7) is 0. The Morgan fingerprint density at radius 3 is 2.81 bits per heavy atom. The van der Waals surface area contributed by atoms with Crippen LogP contribution < -0.4 is 0 Å². The normalized spacial score (nSPS) is 11.0. The lowest BCUT2D eigenvalue weighted by atomic mass is 10.2. The van der Waals surface area contributed by atoms with Gasteiger partial charge in [-0.3, -0.25) is 14.3 Å². The van der Waals surface area contributed by atoms with Crippen LogP contribution in [0.4, 0.5) is 0 Å². The van der Waals surface area contributed by atoms with Crippen LogP contribution in [0.25, 0.3) is 21.8 Å². The molecule has 0 aliphatic heterocycles. The molecule has 0 amide bonds. The Kier molecular flexibility index (Phi) is 1.71. The van der Waals surface area contributed by atoms with Crippen LogP contribution in [-0.4, -0.2) is 21.1 Å². The zero-order chi connectivity index (χ0) is 11.1. The molecule has 0 saturated heterocycles. The van der Waals surface area contributed by atoms with Crippen molar-refractivity contribution in [1.82, 2.24) is 9.55 Å². The number of hydrogen-bond acceptors (Lipinski definition) is 3. The highest BCUT2D eigenvalue weighted by Crippen LogP contribution is 2.32. The first-order valence-corrected chi connectivity index (χ1v) is 4.84. The molecule has 4 heteroatoms. The van der Waals surface area contributed by atoms with Crippen molar-refractivity contribution in [2.24, 2.45) is 0 Å². The van der Waals surface area contributed by atoms with Crippen molar-refractivity contribution < 1.29 is 9.90 Å². The SMILES string of the molecule is O=Cn1c2ccccc2c2c(O)cncc21. The first kappa shape index (κ1) is 8.91. The van der Waals surface area contributed by atoms with Gasteiger partial charge in [0.05, 0.1) is 28.8 Å². The van der Waals surface area contributed by atoms with Gasteiger partial charge in [0.1, 0.15) is 5.75 Å². The van der Waals surface area contributed by atoms with Gasteiger partial charge in [0.2, 0.25) is 6.41 Å². The van der Waals surface area contributed by atoms with Gasteiger partial charge in [0, 0.05) is 5.39 Å². The highest BCUT2D eigenvalue weighted by molar-refractivity contribution is 6.13. The minimum absolute atomic E-state index is 0.0919. The number of carbonyl (C=O) groups excluding carboxylic acids is 1. The number of para-hydroxylation sites is 1. The second-order valence-electron chi connectivity index (χ2n) is 3.55. The molecule has 4 nitrogen and oxygen atoms in total. The van der Waals surface area contributed by atoms with Gasteiger partial charge in [-0.1, -0.05) is 18.2 Å². The molecule has 2 aromatic heterocycles. The maximum atomic E-state index is 11.1. The van der Waals surface area contributed by atoms with E-state index in [1.807, 2.05) is 24.3 Å². The summed E-state index contributed by atoms with van der Waals surface area (Å²) in [6, 6.07) is 7.43. The molecule has 0 bridgehead atoms. The van der Waals surface area contributed by atoms with Gasteiger partial charge >= 0.3 is 0 Å². The van der Waals surface area contributed by atoms with Crippen molar-refractivity contribution in [3.8, 4) is 5.75 Å². The van der Waals surface area contributed by atoms with Crippen LogP contribution >= 0.6 is 0 Å². The summed E-state index contributed by atoms with van der Waals surface area (Å²) in [6.07, 6.45) is 3.68. The molecule has 2 heterocycles. The minimum Gasteiger partial charge on any atom is -0.506 e. The average molecular weight is 212 g/mol. The Morgan fingerprint density at radius 1 is 1.19 bits per heavy atom. The van der Waals surface area contributed by atoms with Crippen molar-refractivity contribution in [3.05, 3.63) is 36.7 Å². The molecule has 0 saturated carbocycles. The van der Waals surface area contributed by atoms with E-state index in [4.69, 9.17) is 0 Å². The van der Waals surface area contributed by atoms with Crippen LogP contribution in [0.15, 0.2) is 36.7 Å². The smallest absolute Gasteiger partial charge is 0.218 e. The van der Waals surface area contributed by atoms with E-state index in [1.165, 1.54) is 10.8 Å². The molecule has 78 valence electrons. The van der Waals surface area contributed by atoms with Crippen molar-refractivity contribution in [2.75, 3.05) is 0 Å². The quantitative estimate of drug-likeness (QED) is 0.627. The molecule has 0 spiro atoms. The third-order valence-corrected chi connectivity index (χ3v) is 2.70. The van der Waals surface area contributed by atoms with Gasteiger partial charge in [-0.05, 0) is 6.07 Å². The van der Waals surface area contributed by atoms with Crippen molar-refractivity contribution in [3.63, 3.8) is 0 Å². The third kappa shape index (κ3) is 0.982. The highest BCUT2D eigenvalue weighted by Gasteiger charge is 2.12. The number of pyridine rings is 1. The van der Waals surface area contributed by atoms with E-state index >= 15 is 0 Å². The number of fused-ring (bicyclic) bond motifs is 3. The fourth-order valence-corrected chi connectivity index (χ4v) is 2.04. The van der Waals surface area contributed by atoms with Gasteiger partial charge in [-0.25, -0.2) is 0 Å². The standard InChI is InChI=1S/C12H8N2O2/c15-7-14-9-4-2-1-3-8(9)12-10(14)5-13-6-11(12)16/h1-7,16H. The van der Waals surface area contributed by atoms with Crippen molar-refractivity contribution in [2.45, 2.75) is 0 Å². The summed E-state index contributed by atoms with van der Waals surface area (Å²) < 4.78 is 1.48. The van der Waals surface area contributed by atoms with E-state index in [0.717, 1.165) is 17.3 Å². The summed E-state index contributed by atoms with van der Waals surface area (Å²) in [7, 11) is 0. The second kappa shape index (κ2) is 3.06. The molecule has 16 heavy (non-hydrogen) atoms. The number of benzene rings is 1. The van der Waals surface area contributed by atoms with Crippen molar-refractivity contribution in [1.29, 1.82) is 0 Å². The largest absolute Gasteiger partial charge is 0.506 e. The molecule has 0 unspecified atom stereocenters. The van der Waals surface area contributed by atoms with E-state index in [2.05, 4.69) is 4.98 Å². The summed E-state index contributed by atoms with van der Waals surface area (Å²) in [4.78, 5) is 14.9. The van der Waals surface area contributed by atoms with E-state index < -0.39 is 0 Å². The topological polar surface area (TPSA) is 55.1 Å². The van der Waals surface area contributed by atoms with Gasteiger partial charge in [-0.15, -0.1) is 0 Å². The van der Waals surface area contributed by atoms with Crippen LogP contribution in [-0.2, 0) is 4.79 Å². The predicted octanol–water partition coefficient (Wildman–Crippen LogP) is 1.93. The van der Waals surface area contributed by atoms with Crippen LogP contribution in [0.2, 0.25) is 0 Å². The summed E-state index contributed by atoms with van der Waals surface area (Å²) >= 11 is 0.